The first kappa shape index (κ1) is 57.9. The Labute approximate surface area is 504 Å². The van der Waals surface area contributed by atoms with E-state index >= 15 is 0 Å². The van der Waals surface area contributed by atoms with Crippen molar-refractivity contribution in [3.8, 4) is 11.5 Å². The van der Waals surface area contributed by atoms with Gasteiger partial charge in [-0.2, -0.15) is 0 Å². The molecule has 0 saturated heterocycles. The minimum atomic E-state index is -3.86. The van der Waals surface area contributed by atoms with Gasteiger partial charge in [0.25, 0.3) is 11.8 Å². The molecule has 4 aromatic rings. The van der Waals surface area contributed by atoms with Crippen LogP contribution in [-0.2, 0) is 43.7 Å². The Kier molecular flexibility index (Phi) is 16.0. The van der Waals surface area contributed by atoms with E-state index in [-0.39, 0.29) is 34.5 Å². The average molecular weight is 1220 g/mol. The van der Waals surface area contributed by atoms with Crippen molar-refractivity contribution >= 4 is 66.4 Å². The number of hydrogen-bond acceptors (Lipinski definition) is 12. The molecule has 4 N–H and O–H groups in total. The molecule has 4 aromatic carbocycles. The van der Waals surface area contributed by atoms with Crippen molar-refractivity contribution in [2.45, 2.75) is 149 Å². The summed E-state index contributed by atoms with van der Waals surface area (Å²) in [5.41, 5.74) is 6.78. The number of fused-ring (bicyclic) bond motifs is 8. The highest BCUT2D eigenvalue weighted by Crippen LogP contribution is 2.50. The van der Waals surface area contributed by atoms with Gasteiger partial charge in [-0.25, -0.2) is 26.3 Å². The van der Waals surface area contributed by atoms with E-state index in [2.05, 4.69) is 43.5 Å². The van der Waals surface area contributed by atoms with Crippen LogP contribution in [0.1, 0.15) is 146 Å². The molecule has 4 bridgehead atoms. The number of benzene rings is 4. The average Bonchev–Trinajstić information content (AvgIpc) is 1.97. The summed E-state index contributed by atoms with van der Waals surface area (Å²) in [5, 5.41) is 22.5. The van der Waals surface area contributed by atoms with Gasteiger partial charge in [0.1, 0.15) is 11.5 Å². The summed E-state index contributed by atoms with van der Waals surface area (Å²) in [6.45, 7) is 3.88. The van der Waals surface area contributed by atoms with Crippen molar-refractivity contribution < 1.29 is 46.1 Å². The predicted octanol–water partition coefficient (Wildman–Crippen LogP) is 10.8. The third-order valence-corrected chi connectivity index (χ3v) is 25.0. The van der Waals surface area contributed by atoms with Gasteiger partial charge in [-0.15, -0.1) is 0 Å². The minimum Gasteiger partial charge on any atom is -0.490 e. The molecule has 0 aromatic heterocycles. The summed E-state index contributed by atoms with van der Waals surface area (Å²) in [6.07, 6.45) is 21.8. The molecule has 10 aliphatic rings. The zero-order chi connectivity index (χ0) is 58.1. The lowest BCUT2D eigenvalue weighted by molar-refractivity contribution is 0.0454. The molecular weight excluding hydrogens is 1140 g/mol. The molecule has 2 spiro atoms. The van der Waals surface area contributed by atoms with E-state index in [0.717, 1.165) is 124 Å². The molecule has 14 nitrogen and oxygen atoms in total. The quantitative estimate of drug-likeness (QED) is 0.139. The monoisotopic (exact) mass is 1220 g/mol. The first-order chi connectivity index (χ1) is 40.4. The number of aliphatic hydroxyl groups excluding tert-OH is 2. The molecule has 4 fully saturated rings. The Morgan fingerprint density at radius 1 is 0.524 bits per heavy atom. The number of sulfonamides is 2. The van der Waals surface area contributed by atoms with E-state index in [1.54, 1.807) is 24.3 Å². The second kappa shape index (κ2) is 23.2. The second-order valence-electron chi connectivity index (χ2n) is 26.3. The lowest BCUT2D eigenvalue weighted by Gasteiger charge is -2.45. The van der Waals surface area contributed by atoms with Crippen LogP contribution in [-0.4, -0.2) is 101 Å². The van der Waals surface area contributed by atoms with E-state index < -0.39 is 54.6 Å². The SMILES string of the molecule is O=C1NS(=O)(=O)[C@@H](C2CC2)CC/C=C/[C@H](O)[C@@H]2CC[C@H]2CN2C[C@@]3(CCCc4cc(Cl)ccc43)COc3ccc1cc32.O=C1NS(=O)(=O)[C@H](C2CC2)CC/C=C/[C@H](O)[C@@H]2CC[C@H]2CN2C[C@@]3(CCCc4cc(Cl)ccc43)COc3ccc1cc32. The van der Waals surface area contributed by atoms with Crippen LogP contribution in [0.3, 0.4) is 0 Å². The molecular formula is C66H78Cl2N4O10S2. The summed E-state index contributed by atoms with van der Waals surface area (Å²) in [4.78, 5) is 31.5. The highest BCUT2D eigenvalue weighted by atomic mass is 35.5. The summed E-state index contributed by atoms with van der Waals surface area (Å²) in [7, 11) is -7.72. The fourth-order valence-corrected chi connectivity index (χ4v) is 19.5. The van der Waals surface area contributed by atoms with Crippen molar-refractivity contribution in [3.63, 3.8) is 0 Å². The van der Waals surface area contributed by atoms with E-state index in [1.807, 2.05) is 48.6 Å². The van der Waals surface area contributed by atoms with Crippen LogP contribution in [0.25, 0.3) is 0 Å². The molecule has 2 amide bonds. The van der Waals surface area contributed by atoms with Gasteiger partial charge in [0, 0.05) is 58.2 Å². The maximum Gasteiger partial charge on any atom is 0.264 e. The second-order valence-corrected chi connectivity index (χ2v) is 30.9. The van der Waals surface area contributed by atoms with Crippen molar-refractivity contribution in [3.05, 3.63) is 141 Å². The Morgan fingerprint density at radius 2 is 0.940 bits per heavy atom. The van der Waals surface area contributed by atoms with E-state index in [1.165, 1.54) is 22.3 Å². The molecule has 4 heterocycles. The normalized spacial score (nSPS) is 33.3. The van der Waals surface area contributed by atoms with Crippen LogP contribution in [0, 0.1) is 35.5 Å². The fourth-order valence-electron chi connectivity index (χ4n) is 15.6. The van der Waals surface area contributed by atoms with Crippen molar-refractivity contribution in [2.24, 2.45) is 35.5 Å². The lowest BCUT2D eigenvalue weighted by atomic mass is 9.68. The number of amides is 2. The topological polar surface area (TPSA) is 192 Å². The van der Waals surface area contributed by atoms with Crippen LogP contribution in [0.4, 0.5) is 11.4 Å². The number of carbonyl (C=O) groups excluding carboxylic acids is 2. The predicted molar refractivity (Wildman–Crippen MR) is 327 cm³/mol. The molecule has 448 valence electrons. The molecule has 6 aliphatic carbocycles. The molecule has 4 aliphatic heterocycles. The Morgan fingerprint density at radius 3 is 1.33 bits per heavy atom. The van der Waals surface area contributed by atoms with Crippen molar-refractivity contribution in [2.75, 3.05) is 49.2 Å². The molecule has 0 radical (unpaired) electrons. The number of ether oxygens (including phenoxy) is 2. The highest BCUT2D eigenvalue weighted by molar-refractivity contribution is 7.91. The Bertz CT molecular complexity index is 3270. The summed E-state index contributed by atoms with van der Waals surface area (Å²) in [5.74, 6) is 1.22. The number of rotatable bonds is 2. The molecule has 14 rings (SSSR count). The van der Waals surface area contributed by atoms with Gasteiger partial charge < -0.3 is 29.5 Å². The number of anilines is 2. The number of nitrogens with one attached hydrogen (secondary N) is 2. The zero-order valence-corrected chi connectivity index (χ0v) is 50.8. The number of nitrogens with zero attached hydrogens (tertiary/aromatic N) is 2. The number of carbonyl (C=O) groups is 2. The Hall–Kier alpha value is -5.10. The summed E-state index contributed by atoms with van der Waals surface area (Å²) >= 11 is 12.8. The van der Waals surface area contributed by atoms with Gasteiger partial charge in [-0.3, -0.25) is 9.59 Å². The smallest absolute Gasteiger partial charge is 0.264 e. The number of halogens is 2. The largest absolute Gasteiger partial charge is 0.490 e. The van der Waals surface area contributed by atoms with E-state index in [4.69, 9.17) is 32.7 Å². The number of hydrogen-bond donors (Lipinski definition) is 4. The van der Waals surface area contributed by atoms with Gasteiger partial charge in [-0.05, 0) is 234 Å². The Balaban J connectivity index is 0.000000157. The van der Waals surface area contributed by atoms with E-state index in [0.29, 0.717) is 86.4 Å². The standard InChI is InChI=1S/2C33H39ClN2O5S/c2*34-25-11-13-27-22(16-25)4-3-15-33(27)19-36-18-24-9-12-26(24)29(37)5-1-2-6-31(21-7-8-21)42(39,40)35-32(38)23-10-14-30(41-20-33)28(36)17-23/h2*1,5,10-11,13-14,16-17,21,24,26,29,31,37H,2-4,6-9,12,15,18-20H2,(H,35,38)/b2*5-1+/t24-,26+,29-,31+,33-;24-,26+,29-,31-,33-/m00/s1. The third-order valence-electron chi connectivity index (χ3n) is 20.8. The van der Waals surface area contributed by atoms with Gasteiger partial charge in [-0.1, -0.05) is 59.6 Å². The maximum atomic E-state index is 13.4. The molecule has 0 unspecified atom stereocenters. The lowest BCUT2D eigenvalue weighted by Crippen LogP contribution is -2.49. The number of aryl methyl sites for hydroxylation is 2. The summed E-state index contributed by atoms with van der Waals surface area (Å²) in [6, 6.07) is 22.9. The summed E-state index contributed by atoms with van der Waals surface area (Å²) < 4.78 is 71.5. The van der Waals surface area contributed by atoms with Crippen molar-refractivity contribution in [1.29, 1.82) is 0 Å². The molecule has 84 heavy (non-hydrogen) atoms. The van der Waals surface area contributed by atoms with Crippen LogP contribution in [0.5, 0.6) is 11.5 Å². The first-order valence-corrected chi connectivity index (χ1v) is 34.7. The highest BCUT2D eigenvalue weighted by Gasteiger charge is 2.48. The molecule has 4 saturated carbocycles. The maximum absolute atomic E-state index is 13.4. The van der Waals surface area contributed by atoms with Gasteiger partial charge in [0.05, 0.1) is 47.3 Å². The number of allylic oxidation sites excluding steroid dienone is 2. The molecule has 10 atom stereocenters. The van der Waals surface area contributed by atoms with Crippen molar-refractivity contribution in [1.82, 2.24) is 9.44 Å². The zero-order valence-electron chi connectivity index (χ0n) is 47.6. The van der Waals surface area contributed by atoms with Crippen LogP contribution < -0.4 is 28.7 Å². The fraction of sp³-hybridized carbons (Fsp3) is 0.545. The molecule has 18 heteroatoms. The van der Waals surface area contributed by atoms with E-state index in [9.17, 15) is 36.6 Å². The van der Waals surface area contributed by atoms with Gasteiger partial charge in [0.2, 0.25) is 20.0 Å². The third kappa shape index (κ3) is 11.7. The van der Waals surface area contributed by atoms with Crippen LogP contribution in [0.15, 0.2) is 97.1 Å². The van der Waals surface area contributed by atoms with Gasteiger partial charge in [0.15, 0.2) is 0 Å². The van der Waals surface area contributed by atoms with Crippen LogP contribution in [0.2, 0.25) is 10.0 Å². The van der Waals surface area contributed by atoms with Gasteiger partial charge >= 0.3 is 0 Å². The number of aliphatic hydroxyl groups is 2. The first-order valence-electron chi connectivity index (χ1n) is 30.9. The minimum absolute atomic E-state index is 0.0731. The van der Waals surface area contributed by atoms with Crippen LogP contribution >= 0.6 is 23.2 Å².